The van der Waals surface area contributed by atoms with Gasteiger partial charge in [-0.05, 0) is 49.4 Å². The second-order valence-corrected chi connectivity index (χ2v) is 6.89. The van der Waals surface area contributed by atoms with E-state index in [2.05, 4.69) is 15.3 Å². The number of thiophene rings is 1. The Morgan fingerprint density at radius 2 is 2.12 bits per heavy atom. The molecule has 1 aliphatic rings. The summed E-state index contributed by atoms with van der Waals surface area (Å²) in [4.78, 5) is 23.1. The minimum Gasteiger partial charge on any atom is -0.465 e. The summed E-state index contributed by atoms with van der Waals surface area (Å²) in [6, 6.07) is 7.26. The molecule has 0 unspecified atom stereocenters. The average molecular weight is 339 g/mol. The van der Waals surface area contributed by atoms with Crippen molar-refractivity contribution < 1.29 is 9.53 Å². The third-order valence-corrected chi connectivity index (χ3v) is 5.50. The molecule has 0 atom stereocenters. The van der Waals surface area contributed by atoms with Crippen molar-refractivity contribution in [1.29, 1.82) is 0 Å². The summed E-state index contributed by atoms with van der Waals surface area (Å²) in [5.74, 6) is 0.459. The number of ether oxygens (including phenoxy) is 1. The minimum atomic E-state index is -0.348. The van der Waals surface area contributed by atoms with Crippen molar-refractivity contribution in [2.24, 2.45) is 0 Å². The number of hydrogen-bond acceptors (Lipinski definition) is 6. The summed E-state index contributed by atoms with van der Waals surface area (Å²) in [5, 5.41) is 4.48. The molecule has 0 radical (unpaired) electrons. The fourth-order valence-corrected chi connectivity index (χ4v) is 4.39. The van der Waals surface area contributed by atoms with Gasteiger partial charge in [0.25, 0.3) is 0 Å². The molecule has 6 heteroatoms. The van der Waals surface area contributed by atoms with Crippen LogP contribution in [-0.4, -0.2) is 23.0 Å². The summed E-state index contributed by atoms with van der Waals surface area (Å²) >= 11 is 1.77. The molecule has 1 aliphatic carbocycles. The van der Waals surface area contributed by atoms with E-state index < -0.39 is 0 Å². The van der Waals surface area contributed by atoms with Gasteiger partial charge in [0, 0.05) is 10.6 Å². The zero-order chi connectivity index (χ0) is 16.5. The third-order valence-electron chi connectivity index (χ3n) is 4.30. The zero-order valence-electron chi connectivity index (χ0n) is 13.3. The maximum atomic E-state index is 11.7. The number of carbonyl (C=O) groups excluding carboxylic acids is 1. The summed E-state index contributed by atoms with van der Waals surface area (Å²) in [7, 11) is 1.38. The molecular weight excluding hydrogens is 322 g/mol. The quantitative estimate of drug-likeness (QED) is 0.728. The molecule has 0 spiro atoms. The third kappa shape index (κ3) is 2.63. The Balaban J connectivity index is 1.75. The fraction of sp³-hybridized carbons (Fsp3) is 0.278. The Kier molecular flexibility index (Phi) is 3.90. The molecule has 4 rings (SSSR count). The number of benzene rings is 1. The van der Waals surface area contributed by atoms with Crippen LogP contribution < -0.4 is 5.32 Å². The Labute approximate surface area is 143 Å². The van der Waals surface area contributed by atoms with Gasteiger partial charge in [0.2, 0.25) is 0 Å². The van der Waals surface area contributed by atoms with E-state index in [1.807, 2.05) is 12.1 Å². The van der Waals surface area contributed by atoms with Crippen LogP contribution in [-0.2, 0) is 17.6 Å². The highest BCUT2D eigenvalue weighted by molar-refractivity contribution is 7.19. The summed E-state index contributed by atoms with van der Waals surface area (Å²) < 4.78 is 4.78. The molecule has 3 aromatic rings. The van der Waals surface area contributed by atoms with Crippen LogP contribution in [0.3, 0.4) is 0 Å². The second-order valence-electron chi connectivity index (χ2n) is 5.81. The molecule has 1 aromatic carbocycles. The van der Waals surface area contributed by atoms with Crippen molar-refractivity contribution in [3.8, 4) is 0 Å². The molecule has 122 valence electrons. The van der Waals surface area contributed by atoms with Crippen LogP contribution >= 0.6 is 11.3 Å². The molecule has 5 nitrogen and oxygen atoms in total. The van der Waals surface area contributed by atoms with Crippen molar-refractivity contribution in [1.82, 2.24) is 9.97 Å². The monoisotopic (exact) mass is 339 g/mol. The molecule has 0 amide bonds. The SMILES string of the molecule is COC(=O)c1cccc(Nc2ncnc3sc4c(c23)CCCC4)c1. The molecular formula is C18H17N3O2S. The van der Waals surface area contributed by atoms with Gasteiger partial charge in [-0.2, -0.15) is 0 Å². The van der Waals surface area contributed by atoms with E-state index in [4.69, 9.17) is 4.74 Å². The van der Waals surface area contributed by atoms with Crippen molar-refractivity contribution in [3.63, 3.8) is 0 Å². The lowest BCUT2D eigenvalue weighted by Gasteiger charge is -2.12. The van der Waals surface area contributed by atoms with Crippen molar-refractivity contribution in [2.75, 3.05) is 12.4 Å². The topological polar surface area (TPSA) is 64.1 Å². The lowest BCUT2D eigenvalue weighted by atomic mass is 9.97. The van der Waals surface area contributed by atoms with E-state index >= 15 is 0 Å². The van der Waals surface area contributed by atoms with Crippen LogP contribution in [0.4, 0.5) is 11.5 Å². The Bertz CT molecular complexity index is 920. The van der Waals surface area contributed by atoms with Crippen molar-refractivity contribution >= 4 is 39.0 Å². The number of hydrogen-bond donors (Lipinski definition) is 1. The highest BCUT2D eigenvalue weighted by atomic mass is 32.1. The van der Waals surface area contributed by atoms with Gasteiger partial charge in [-0.15, -0.1) is 11.3 Å². The number of nitrogens with one attached hydrogen (secondary N) is 1. The number of anilines is 2. The maximum Gasteiger partial charge on any atom is 0.337 e. The van der Waals surface area contributed by atoms with Gasteiger partial charge in [-0.25, -0.2) is 14.8 Å². The van der Waals surface area contributed by atoms with E-state index in [1.54, 1.807) is 29.8 Å². The fourth-order valence-electron chi connectivity index (χ4n) is 3.16. The molecule has 0 saturated carbocycles. The van der Waals surface area contributed by atoms with Gasteiger partial charge < -0.3 is 10.1 Å². The number of carbonyl (C=O) groups is 1. The van der Waals surface area contributed by atoms with Gasteiger partial charge in [-0.1, -0.05) is 6.07 Å². The lowest BCUT2D eigenvalue weighted by molar-refractivity contribution is 0.0601. The zero-order valence-corrected chi connectivity index (χ0v) is 14.2. The van der Waals surface area contributed by atoms with Crippen LogP contribution in [0, 0.1) is 0 Å². The predicted molar refractivity (Wildman–Crippen MR) is 95.1 cm³/mol. The van der Waals surface area contributed by atoms with Crippen LogP contribution in [0.5, 0.6) is 0 Å². The van der Waals surface area contributed by atoms with E-state index in [0.717, 1.165) is 34.6 Å². The number of esters is 1. The normalized spacial score (nSPS) is 13.5. The van der Waals surface area contributed by atoms with E-state index in [9.17, 15) is 4.79 Å². The first-order chi connectivity index (χ1) is 11.8. The number of nitrogens with zero attached hydrogens (tertiary/aromatic N) is 2. The average Bonchev–Trinajstić information content (AvgIpc) is 3.01. The van der Waals surface area contributed by atoms with Crippen LogP contribution in [0.15, 0.2) is 30.6 Å². The molecule has 0 fully saturated rings. The predicted octanol–water partition coefficient (Wildman–Crippen LogP) is 4.10. The second kappa shape index (κ2) is 6.20. The van der Waals surface area contributed by atoms with Crippen molar-refractivity contribution in [3.05, 3.63) is 46.6 Å². The lowest BCUT2D eigenvalue weighted by Crippen LogP contribution is -2.03. The van der Waals surface area contributed by atoms with Gasteiger partial charge >= 0.3 is 5.97 Å². The van der Waals surface area contributed by atoms with E-state index in [0.29, 0.717) is 5.56 Å². The summed E-state index contributed by atoms with van der Waals surface area (Å²) in [5.41, 5.74) is 2.71. The molecule has 0 saturated heterocycles. The van der Waals surface area contributed by atoms with Crippen molar-refractivity contribution in [2.45, 2.75) is 25.7 Å². The molecule has 0 aliphatic heterocycles. The molecule has 0 bridgehead atoms. The van der Waals surface area contributed by atoms with Gasteiger partial charge in [0.1, 0.15) is 17.0 Å². The first kappa shape index (κ1) is 15.1. The highest BCUT2D eigenvalue weighted by Crippen LogP contribution is 2.38. The van der Waals surface area contributed by atoms with Crippen LogP contribution in [0.2, 0.25) is 0 Å². The number of fused-ring (bicyclic) bond motifs is 3. The first-order valence-electron chi connectivity index (χ1n) is 7.97. The Hall–Kier alpha value is -2.47. The van der Waals surface area contributed by atoms with Crippen LogP contribution in [0.25, 0.3) is 10.2 Å². The smallest absolute Gasteiger partial charge is 0.337 e. The number of aromatic nitrogens is 2. The molecule has 1 N–H and O–H groups in total. The first-order valence-corrected chi connectivity index (χ1v) is 8.78. The van der Waals surface area contributed by atoms with Crippen LogP contribution in [0.1, 0.15) is 33.6 Å². The van der Waals surface area contributed by atoms with E-state index in [1.165, 1.54) is 30.4 Å². The minimum absolute atomic E-state index is 0.348. The molecule has 24 heavy (non-hydrogen) atoms. The van der Waals surface area contributed by atoms with E-state index in [-0.39, 0.29) is 5.97 Å². The number of aryl methyl sites for hydroxylation is 2. The van der Waals surface area contributed by atoms with Gasteiger partial charge in [-0.3, -0.25) is 0 Å². The number of methoxy groups -OCH3 is 1. The highest BCUT2D eigenvalue weighted by Gasteiger charge is 2.20. The summed E-state index contributed by atoms with van der Waals surface area (Å²) in [6.07, 6.45) is 6.27. The number of rotatable bonds is 3. The Morgan fingerprint density at radius 1 is 1.25 bits per heavy atom. The maximum absolute atomic E-state index is 11.7. The summed E-state index contributed by atoms with van der Waals surface area (Å²) in [6.45, 7) is 0. The van der Waals surface area contributed by atoms with Gasteiger partial charge in [0.05, 0.1) is 18.1 Å². The Morgan fingerprint density at radius 3 is 3.00 bits per heavy atom. The standard InChI is InChI=1S/C18H17N3O2S/c1-23-18(22)11-5-4-6-12(9-11)21-16-15-13-7-2-3-8-14(13)24-17(15)20-10-19-16/h4-6,9-10H,2-3,7-8H2,1H3,(H,19,20,21). The van der Waals surface area contributed by atoms with Gasteiger partial charge in [0.15, 0.2) is 0 Å². The molecule has 2 heterocycles. The molecule has 2 aromatic heterocycles. The largest absolute Gasteiger partial charge is 0.465 e.